The molecule has 0 fully saturated rings. The third-order valence-corrected chi connectivity index (χ3v) is 0.861. The van der Waals surface area contributed by atoms with Crippen LogP contribution in [-0.2, 0) is 0 Å². The molecule has 0 saturated heterocycles. The average molecular weight is 182 g/mol. The first kappa shape index (κ1) is 11.3. The Morgan fingerprint density at radius 3 is 1.92 bits per heavy atom. The minimum atomic E-state index is -4.27. The Kier molecular flexibility index (Phi) is 3.12. The second-order valence-corrected chi connectivity index (χ2v) is 3.57. The topological polar surface area (TPSA) is 38.4 Å². The van der Waals surface area contributed by atoms with Crippen molar-refractivity contribution in [2.45, 2.75) is 38.9 Å². The van der Waals surface area contributed by atoms with E-state index in [0.29, 0.717) is 0 Å². The van der Waals surface area contributed by atoms with Crippen LogP contribution >= 0.6 is 0 Å². The summed E-state index contributed by atoms with van der Waals surface area (Å²) in [4.78, 5) is 3.67. The van der Waals surface area contributed by atoms with Gasteiger partial charge < -0.3 is 5.73 Å². The standard InChI is InChI=1S/C7H13F3N2/c1-6(2,3)12-5(11)4-7(8,9)10/h4H2,1-3H3,(H2,11,12). The van der Waals surface area contributed by atoms with Gasteiger partial charge in [0.05, 0.1) is 5.54 Å². The maximum absolute atomic E-state index is 11.7. The third kappa shape index (κ3) is 7.37. The lowest BCUT2D eigenvalue weighted by Crippen LogP contribution is -2.26. The molecule has 0 saturated carbocycles. The number of rotatable bonds is 1. The van der Waals surface area contributed by atoms with Crippen molar-refractivity contribution >= 4 is 5.84 Å². The van der Waals surface area contributed by atoms with Crippen molar-refractivity contribution in [2.75, 3.05) is 0 Å². The van der Waals surface area contributed by atoms with E-state index in [1.54, 1.807) is 20.8 Å². The van der Waals surface area contributed by atoms with Crippen molar-refractivity contribution in [3.8, 4) is 0 Å². The second kappa shape index (κ2) is 3.33. The van der Waals surface area contributed by atoms with Gasteiger partial charge in [-0.2, -0.15) is 13.2 Å². The van der Waals surface area contributed by atoms with Crippen LogP contribution in [0.3, 0.4) is 0 Å². The molecule has 5 heteroatoms. The zero-order chi connectivity index (χ0) is 9.99. The van der Waals surface area contributed by atoms with Gasteiger partial charge in [-0.15, -0.1) is 0 Å². The van der Waals surface area contributed by atoms with E-state index in [9.17, 15) is 13.2 Å². The summed E-state index contributed by atoms with van der Waals surface area (Å²) in [6, 6.07) is 0. The number of nitrogens with two attached hydrogens (primary N) is 1. The zero-order valence-electron chi connectivity index (χ0n) is 7.37. The van der Waals surface area contributed by atoms with Gasteiger partial charge in [-0.05, 0) is 20.8 Å². The monoisotopic (exact) mass is 182 g/mol. The van der Waals surface area contributed by atoms with Gasteiger partial charge in [0.1, 0.15) is 12.3 Å². The van der Waals surface area contributed by atoms with Crippen LogP contribution in [0.2, 0.25) is 0 Å². The fourth-order valence-corrected chi connectivity index (χ4v) is 0.676. The van der Waals surface area contributed by atoms with Crippen LogP contribution in [0.25, 0.3) is 0 Å². The van der Waals surface area contributed by atoms with E-state index in [1.165, 1.54) is 0 Å². The van der Waals surface area contributed by atoms with Gasteiger partial charge in [0, 0.05) is 0 Å². The molecule has 0 rings (SSSR count). The van der Waals surface area contributed by atoms with Gasteiger partial charge in [-0.25, -0.2) is 0 Å². The summed E-state index contributed by atoms with van der Waals surface area (Å²) in [7, 11) is 0. The van der Waals surface area contributed by atoms with E-state index in [2.05, 4.69) is 4.99 Å². The van der Waals surface area contributed by atoms with Gasteiger partial charge in [0.25, 0.3) is 0 Å². The summed E-state index contributed by atoms with van der Waals surface area (Å²) in [6.07, 6.45) is -5.40. The average Bonchev–Trinajstić information content (AvgIpc) is 1.49. The van der Waals surface area contributed by atoms with Gasteiger partial charge in [-0.3, -0.25) is 4.99 Å². The van der Waals surface area contributed by atoms with Crippen molar-refractivity contribution in [1.29, 1.82) is 0 Å². The van der Waals surface area contributed by atoms with Crippen LogP contribution in [0.15, 0.2) is 4.99 Å². The second-order valence-electron chi connectivity index (χ2n) is 3.57. The fourth-order valence-electron chi connectivity index (χ4n) is 0.676. The lowest BCUT2D eigenvalue weighted by Gasteiger charge is -2.14. The first-order valence-corrected chi connectivity index (χ1v) is 3.51. The Hall–Kier alpha value is -0.740. The Balaban J connectivity index is 4.23. The highest BCUT2D eigenvalue weighted by atomic mass is 19.4. The number of halogens is 3. The van der Waals surface area contributed by atoms with Crippen molar-refractivity contribution < 1.29 is 13.2 Å². The van der Waals surface area contributed by atoms with Gasteiger partial charge >= 0.3 is 6.18 Å². The maximum atomic E-state index is 11.7. The molecule has 0 aromatic carbocycles. The van der Waals surface area contributed by atoms with Crippen LogP contribution in [0.4, 0.5) is 13.2 Å². The molecule has 0 aromatic heterocycles. The Morgan fingerprint density at radius 2 is 1.67 bits per heavy atom. The number of hydrogen-bond acceptors (Lipinski definition) is 1. The van der Waals surface area contributed by atoms with Gasteiger partial charge in [0.15, 0.2) is 0 Å². The first-order chi connectivity index (χ1) is 5.10. The summed E-state index contributed by atoms with van der Waals surface area (Å²) in [5, 5.41) is 0. The smallest absolute Gasteiger partial charge is 0.387 e. The first-order valence-electron chi connectivity index (χ1n) is 3.51. The molecule has 0 atom stereocenters. The molecule has 0 unspecified atom stereocenters. The molecule has 0 amide bonds. The summed E-state index contributed by atoms with van der Waals surface area (Å²) < 4.78 is 35.2. The van der Waals surface area contributed by atoms with Crippen molar-refractivity contribution in [1.82, 2.24) is 0 Å². The van der Waals surface area contributed by atoms with Gasteiger partial charge in [0.2, 0.25) is 0 Å². The quantitative estimate of drug-likeness (QED) is 0.489. The molecular formula is C7H13F3N2. The minimum Gasteiger partial charge on any atom is -0.387 e. The Morgan fingerprint density at radius 1 is 1.25 bits per heavy atom. The normalized spacial score (nSPS) is 15.0. The van der Waals surface area contributed by atoms with Crippen LogP contribution in [0.5, 0.6) is 0 Å². The minimum absolute atomic E-state index is 0.366. The zero-order valence-corrected chi connectivity index (χ0v) is 7.37. The van der Waals surface area contributed by atoms with Crippen molar-refractivity contribution in [3.63, 3.8) is 0 Å². The van der Waals surface area contributed by atoms with Crippen LogP contribution in [0.1, 0.15) is 27.2 Å². The van der Waals surface area contributed by atoms with Gasteiger partial charge in [-0.1, -0.05) is 0 Å². The van der Waals surface area contributed by atoms with E-state index in [0.717, 1.165) is 0 Å². The SMILES string of the molecule is CC(C)(C)N=C(N)CC(F)(F)F. The highest BCUT2D eigenvalue weighted by Crippen LogP contribution is 2.20. The number of alkyl halides is 3. The molecular weight excluding hydrogens is 169 g/mol. The fraction of sp³-hybridized carbons (Fsp3) is 0.857. The summed E-state index contributed by atoms with van der Waals surface area (Å²) >= 11 is 0. The highest BCUT2D eigenvalue weighted by Gasteiger charge is 2.29. The molecule has 0 aliphatic rings. The van der Waals surface area contributed by atoms with E-state index >= 15 is 0 Å². The largest absolute Gasteiger partial charge is 0.395 e. The lowest BCUT2D eigenvalue weighted by atomic mass is 10.1. The molecule has 0 spiro atoms. The van der Waals surface area contributed by atoms with Crippen molar-refractivity contribution in [2.24, 2.45) is 10.7 Å². The molecule has 2 N–H and O–H groups in total. The Bertz CT molecular complexity index is 176. The third-order valence-electron chi connectivity index (χ3n) is 0.861. The number of amidine groups is 1. The Labute approximate surface area is 69.7 Å². The molecule has 0 aromatic rings. The molecule has 0 heterocycles. The maximum Gasteiger partial charge on any atom is 0.395 e. The van der Waals surface area contributed by atoms with Crippen LogP contribution in [-0.4, -0.2) is 17.6 Å². The summed E-state index contributed by atoms with van der Waals surface area (Å²) in [6.45, 7) is 5.07. The predicted molar refractivity (Wildman–Crippen MR) is 42.0 cm³/mol. The van der Waals surface area contributed by atoms with E-state index in [1.807, 2.05) is 0 Å². The molecule has 72 valence electrons. The molecule has 0 aliphatic heterocycles. The number of aliphatic imine (C=N–C) groups is 1. The van der Waals surface area contributed by atoms with E-state index in [-0.39, 0.29) is 5.84 Å². The highest BCUT2D eigenvalue weighted by molar-refractivity contribution is 5.81. The molecule has 0 bridgehead atoms. The lowest BCUT2D eigenvalue weighted by molar-refractivity contribution is -0.121. The summed E-state index contributed by atoms with van der Waals surface area (Å²) in [5.74, 6) is -0.366. The molecule has 0 radical (unpaired) electrons. The number of nitrogens with zero attached hydrogens (tertiary/aromatic N) is 1. The predicted octanol–water partition coefficient (Wildman–Crippen LogP) is 2.09. The van der Waals surface area contributed by atoms with Crippen LogP contribution < -0.4 is 5.73 Å². The van der Waals surface area contributed by atoms with Crippen molar-refractivity contribution in [3.05, 3.63) is 0 Å². The van der Waals surface area contributed by atoms with E-state index in [4.69, 9.17) is 5.73 Å². The molecule has 12 heavy (non-hydrogen) atoms. The summed E-state index contributed by atoms with van der Waals surface area (Å²) in [5.41, 5.74) is 4.53. The molecule has 2 nitrogen and oxygen atoms in total. The van der Waals surface area contributed by atoms with Crippen LogP contribution in [0, 0.1) is 0 Å². The van der Waals surface area contributed by atoms with E-state index < -0.39 is 18.1 Å². The number of hydrogen-bond donors (Lipinski definition) is 1. The molecule has 0 aliphatic carbocycles.